The molecule has 4 heteroatoms. The van der Waals surface area contributed by atoms with E-state index in [1.807, 2.05) is 0 Å². The molecular weight excluding hydrogens is 195 g/mol. The van der Waals surface area contributed by atoms with Crippen molar-refractivity contribution in [3.8, 4) is 12.3 Å². The van der Waals surface area contributed by atoms with E-state index < -0.39 is 5.82 Å². The van der Waals surface area contributed by atoms with Gasteiger partial charge < -0.3 is 10.6 Å². The maximum atomic E-state index is 13.2. The number of halogens is 1. The van der Waals surface area contributed by atoms with E-state index in [9.17, 15) is 9.18 Å². The molecule has 0 spiro atoms. The van der Waals surface area contributed by atoms with Gasteiger partial charge in [0, 0.05) is 12.6 Å². The lowest BCUT2D eigenvalue weighted by Gasteiger charge is -2.07. The van der Waals surface area contributed by atoms with E-state index in [2.05, 4.69) is 16.6 Å². The predicted octanol–water partition coefficient (Wildman–Crippen LogP) is 1.83. The molecule has 0 unspecified atom stereocenters. The Hall–Kier alpha value is -2.02. The summed E-state index contributed by atoms with van der Waals surface area (Å²) < 4.78 is 13.2. The Bertz CT molecular complexity index is 410. The number of carbonyl (C=O) groups excluding carboxylic acids is 1. The zero-order valence-corrected chi connectivity index (χ0v) is 8.30. The van der Waals surface area contributed by atoms with Crippen molar-refractivity contribution in [2.24, 2.45) is 0 Å². The van der Waals surface area contributed by atoms with Gasteiger partial charge in [0.25, 0.3) is 0 Å². The lowest BCUT2D eigenvalue weighted by molar-refractivity contribution is -0.114. The Balaban J connectivity index is 2.85. The SMILES string of the molecule is C#CCNc1ccc(F)c(NC(C)=O)c1. The van der Waals surface area contributed by atoms with Crippen molar-refractivity contribution in [2.75, 3.05) is 17.2 Å². The Kier molecular flexibility index (Phi) is 3.69. The molecule has 0 saturated carbocycles. The van der Waals surface area contributed by atoms with Gasteiger partial charge >= 0.3 is 0 Å². The fourth-order valence-corrected chi connectivity index (χ4v) is 1.07. The second-order valence-electron chi connectivity index (χ2n) is 2.93. The second-order valence-corrected chi connectivity index (χ2v) is 2.93. The van der Waals surface area contributed by atoms with Crippen LogP contribution in [0.25, 0.3) is 0 Å². The van der Waals surface area contributed by atoms with Gasteiger partial charge in [0.1, 0.15) is 5.82 Å². The first-order chi connectivity index (χ1) is 7.13. The first-order valence-electron chi connectivity index (χ1n) is 4.38. The summed E-state index contributed by atoms with van der Waals surface area (Å²) in [7, 11) is 0. The van der Waals surface area contributed by atoms with Crippen molar-refractivity contribution < 1.29 is 9.18 Å². The molecule has 0 bridgehead atoms. The summed E-state index contributed by atoms with van der Waals surface area (Å²) in [5.41, 5.74) is 0.808. The number of nitrogens with one attached hydrogen (secondary N) is 2. The highest BCUT2D eigenvalue weighted by atomic mass is 19.1. The highest BCUT2D eigenvalue weighted by Crippen LogP contribution is 2.19. The highest BCUT2D eigenvalue weighted by molar-refractivity contribution is 5.89. The number of carbonyl (C=O) groups is 1. The van der Waals surface area contributed by atoms with Crippen LogP contribution < -0.4 is 10.6 Å². The van der Waals surface area contributed by atoms with Gasteiger partial charge in [-0.05, 0) is 18.2 Å². The Morgan fingerprint density at radius 1 is 1.60 bits per heavy atom. The number of rotatable bonds is 3. The fraction of sp³-hybridized carbons (Fsp3) is 0.182. The number of hydrogen-bond donors (Lipinski definition) is 2. The molecule has 78 valence electrons. The molecule has 0 saturated heterocycles. The zero-order valence-electron chi connectivity index (χ0n) is 8.30. The molecule has 0 radical (unpaired) electrons. The van der Waals surface area contributed by atoms with E-state index >= 15 is 0 Å². The molecule has 0 heterocycles. The number of benzene rings is 1. The first kappa shape index (κ1) is 11.1. The van der Waals surface area contributed by atoms with E-state index in [0.717, 1.165) is 0 Å². The number of terminal acetylenes is 1. The topological polar surface area (TPSA) is 41.1 Å². The Morgan fingerprint density at radius 3 is 2.93 bits per heavy atom. The van der Waals surface area contributed by atoms with Crippen LogP contribution in [-0.2, 0) is 4.79 Å². The van der Waals surface area contributed by atoms with Crippen LogP contribution in [0, 0.1) is 18.2 Å². The standard InChI is InChI=1S/C11H11FN2O/c1-3-6-13-9-4-5-10(12)11(7-9)14-8(2)15/h1,4-5,7,13H,6H2,2H3,(H,14,15). The second kappa shape index (κ2) is 5.01. The van der Waals surface area contributed by atoms with Gasteiger partial charge in [-0.2, -0.15) is 0 Å². The average Bonchev–Trinajstić information content (AvgIpc) is 2.18. The minimum atomic E-state index is -0.476. The maximum Gasteiger partial charge on any atom is 0.221 e. The monoisotopic (exact) mass is 206 g/mol. The van der Waals surface area contributed by atoms with Crippen molar-refractivity contribution in [3.63, 3.8) is 0 Å². The van der Waals surface area contributed by atoms with Crippen molar-refractivity contribution in [1.82, 2.24) is 0 Å². The Morgan fingerprint density at radius 2 is 2.33 bits per heavy atom. The summed E-state index contributed by atoms with van der Waals surface area (Å²) >= 11 is 0. The lowest BCUT2D eigenvalue weighted by Crippen LogP contribution is -2.08. The highest BCUT2D eigenvalue weighted by Gasteiger charge is 2.04. The molecular formula is C11H11FN2O. The van der Waals surface area contributed by atoms with E-state index in [0.29, 0.717) is 12.2 Å². The number of anilines is 2. The van der Waals surface area contributed by atoms with Crippen LogP contribution in [0.1, 0.15) is 6.92 Å². The predicted molar refractivity (Wildman–Crippen MR) is 58.0 cm³/mol. The smallest absolute Gasteiger partial charge is 0.221 e. The normalized spacial score (nSPS) is 9.13. The molecule has 1 aromatic carbocycles. The third kappa shape index (κ3) is 3.31. The molecule has 0 aliphatic heterocycles. The van der Waals surface area contributed by atoms with Crippen LogP contribution in [0.2, 0.25) is 0 Å². The molecule has 3 nitrogen and oxygen atoms in total. The number of hydrogen-bond acceptors (Lipinski definition) is 2. The lowest BCUT2D eigenvalue weighted by atomic mass is 10.2. The number of amides is 1. The van der Waals surface area contributed by atoms with E-state index in [-0.39, 0.29) is 11.6 Å². The third-order valence-corrected chi connectivity index (χ3v) is 1.67. The summed E-state index contributed by atoms with van der Waals surface area (Å²) in [6.07, 6.45) is 5.07. The molecule has 0 aliphatic carbocycles. The van der Waals surface area contributed by atoms with E-state index in [1.165, 1.54) is 19.1 Å². The molecule has 1 rings (SSSR count). The average molecular weight is 206 g/mol. The quantitative estimate of drug-likeness (QED) is 0.741. The summed E-state index contributed by atoms with van der Waals surface area (Å²) in [4.78, 5) is 10.8. The minimum absolute atomic E-state index is 0.143. The van der Waals surface area contributed by atoms with Crippen molar-refractivity contribution in [3.05, 3.63) is 24.0 Å². The zero-order chi connectivity index (χ0) is 11.3. The van der Waals surface area contributed by atoms with Crippen LogP contribution >= 0.6 is 0 Å². The first-order valence-corrected chi connectivity index (χ1v) is 4.38. The van der Waals surface area contributed by atoms with E-state index in [1.54, 1.807) is 6.07 Å². The van der Waals surface area contributed by atoms with Crippen LogP contribution in [0.3, 0.4) is 0 Å². The molecule has 1 amide bonds. The summed E-state index contributed by atoms with van der Waals surface area (Å²) in [5.74, 6) is 1.61. The molecule has 1 aromatic rings. The van der Waals surface area contributed by atoms with Crippen molar-refractivity contribution in [2.45, 2.75) is 6.92 Å². The summed E-state index contributed by atoms with van der Waals surface area (Å²) in [5, 5.41) is 5.27. The molecule has 0 aliphatic rings. The van der Waals surface area contributed by atoms with Gasteiger partial charge in [-0.3, -0.25) is 4.79 Å². The van der Waals surface area contributed by atoms with Gasteiger partial charge in [-0.15, -0.1) is 6.42 Å². The molecule has 0 fully saturated rings. The molecule has 15 heavy (non-hydrogen) atoms. The maximum absolute atomic E-state index is 13.2. The Labute approximate surface area is 87.7 Å². The van der Waals surface area contributed by atoms with E-state index in [4.69, 9.17) is 6.42 Å². The molecule has 0 aromatic heterocycles. The van der Waals surface area contributed by atoms with Crippen LogP contribution in [0.4, 0.5) is 15.8 Å². The minimum Gasteiger partial charge on any atom is -0.374 e. The third-order valence-electron chi connectivity index (χ3n) is 1.67. The summed E-state index contributed by atoms with van der Waals surface area (Å²) in [6, 6.07) is 4.32. The van der Waals surface area contributed by atoms with Crippen LogP contribution in [0.15, 0.2) is 18.2 Å². The fourth-order valence-electron chi connectivity index (χ4n) is 1.07. The van der Waals surface area contributed by atoms with Gasteiger partial charge in [-0.25, -0.2) is 4.39 Å². The van der Waals surface area contributed by atoms with Crippen LogP contribution in [0.5, 0.6) is 0 Å². The van der Waals surface area contributed by atoms with Crippen LogP contribution in [-0.4, -0.2) is 12.5 Å². The largest absolute Gasteiger partial charge is 0.374 e. The van der Waals surface area contributed by atoms with Crippen molar-refractivity contribution in [1.29, 1.82) is 0 Å². The van der Waals surface area contributed by atoms with Gasteiger partial charge in [-0.1, -0.05) is 5.92 Å². The van der Waals surface area contributed by atoms with Gasteiger partial charge in [0.2, 0.25) is 5.91 Å². The van der Waals surface area contributed by atoms with Gasteiger partial charge in [0.05, 0.1) is 12.2 Å². The molecule has 2 N–H and O–H groups in total. The van der Waals surface area contributed by atoms with Gasteiger partial charge in [0.15, 0.2) is 0 Å². The molecule has 0 atom stereocenters. The van der Waals surface area contributed by atoms with Crippen molar-refractivity contribution >= 4 is 17.3 Å². The summed E-state index contributed by atoms with van der Waals surface area (Å²) in [6.45, 7) is 1.67.